The Kier molecular flexibility index (Phi) is 5.80. The Morgan fingerprint density at radius 3 is 2.80 bits per heavy atom. The van der Waals surface area contributed by atoms with Crippen molar-refractivity contribution in [3.8, 4) is 0 Å². The number of hydrogen-bond donors (Lipinski definition) is 1. The van der Waals surface area contributed by atoms with Crippen LogP contribution in [-0.4, -0.2) is 57.4 Å². The molecule has 8 nitrogen and oxygen atoms in total. The van der Waals surface area contributed by atoms with Crippen molar-refractivity contribution in [2.24, 2.45) is 5.41 Å². The summed E-state index contributed by atoms with van der Waals surface area (Å²) in [5.41, 5.74) is 2.23. The van der Waals surface area contributed by atoms with Gasteiger partial charge in [0.2, 0.25) is 20.0 Å². The van der Waals surface area contributed by atoms with Crippen LogP contribution in [0.3, 0.4) is 0 Å². The third-order valence-electron chi connectivity index (χ3n) is 6.55. The summed E-state index contributed by atoms with van der Waals surface area (Å²) in [4.78, 5) is 2.14. The third-order valence-corrected chi connectivity index (χ3v) is 9.14. The van der Waals surface area contributed by atoms with Crippen molar-refractivity contribution in [2.75, 3.05) is 25.1 Å². The van der Waals surface area contributed by atoms with Crippen molar-refractivity contribution in [3.05, 3.63) is 35.5 Å². The van der Waals surface area contributed by atoms with Crippen LogP contribution in [0.1, 0.15) is 51.9 Å². The molecule has 0 aromatic carbocycles. The number of ether oxygens (including phenoxy) is 1. The van der Waals surface area contributed by atoms with E-state index in [-0.39, 0.29) is 24.3 Å². The molecule has 0 bridgehead atoms. The number of fused-ring (bicyclic) bond motifs is 1. The molecule has 2 fully saturated rings. The number of nitrogens with one attached hydrogen (secondary N) is 1. The summed E-state index contributed by atoms with van der Waals surface area (Å²) in [6.07, 6.45) is 13.5. The van der Waals surface area contributed by atoms with Gasteiger partial charge in [-0.05, 0) is 44.6 Å². The van der Waals surface area contributed by atoms with E-state index in [1.807, 2.05) is 0 Å². The molecule has 1 saturated carbocycles. The van der Waals surface area contributed by atoms with E-state index in [4.69, 9.17) is 4.74 Å². The summed E-state index contributed by atoms with van der Waals surface area (Å²) in [6, 6.07) is 0. The SMILES string of the molecule is CCS(=O)(=O)N(CCNS(C)(=O)=O)C1CC23CCCCC2=CN2C=CCCC2=C3O1. The van der Waals surface area contributed by atoms with E-state index in [1.165, 1.54) is 9.88 Å². The number of sulfonamides is 2. The number of hydrogen-bond acceptors (Lipinski definition) is 6. The van der Waals surface area contributed by atoms with Gasteiger partial charge in [0.05, 0.1) is 23.1 Å². The van der Waals surface area contributed by atoms with Crippen LogP contribution in [0.5, 0.6) is 0 Å². The Labute approximate surface area is 179 Å². The molecule has 1 saturated heterocycles. The molecule has 3 heterocycles. The zero-order valence-electron chi connectivity index (χ0n) is 17.6. The molecule has 3 aliphatic heterocycles. The highest BCUT2D eigenvalue weighted by Gasteiger charge is 2.55. The molecule has 4 rings (SSSR count). The van der Waals surface area contributed by atoms with Crippen molar-refractivity contribution in [3.63, 3.8) is 0 Å². The molecule has 1 aliphatic carbocycles. The maximum absolute atomic E-state index is 12.9. The molecular formula is C20H31N3O5S2. The van der Waals surface area contributed by atoms with Gasteiger partial charge in [-0.15, -0.1) is 0 Å². The highest BCUT2D eigenvalue weighted by molar-refractivity contribution is 7.89. The highest BCUT2D eigenvalue weighted by atomic mass is 32.2. The van der Waals surface area contributed by atoms with Crippen LogP contribution in [0.4, 0.5) is 0 Å². The van der Waals surface area contributed by atoms with E-state index in [9.17, 15) is 16.8 Å². The Bertz CT molecular complexity index is 999. The van der Waals surface area contributed by atoms with Crippen molar-refractivity contribution >= 4 is 20.0 Å². The van der Waals surface area contributed by atoms with Gasteiger partial charge < -0.3 is 9.64 Å². The number of rotatable bonds is 7. The summed E-state index contributed by atoms with van der Waals surface area (Å²) in [5.74, 6) is 0.879. The lowest BCUT2D eigenvalue weighted by atomic mass is 9.66. The fraction of sp³-hybridized carbons (Fsp3) is 0.700. The van der Waals surface area contributed by atoms with E-state index < -0.39 is 26.3 Å². The van der Waals surface area contributed by atoms with Crippen molar-refractivity contribution in [2.45, 2.75) is 58.1 Å². The molecule has 0 aromatic heterocycles. The Balaban J connectivity index is 1.68. The molecule has 2 atom stereocenters. The van der Waals surface area contributed by atoms with E-state index in [0.717, 1.165) is 56.2 Å². The third kappa shape index (κ3) is 3.94. The minimum absolute atomic E-state index is 0.0222. The molecule has 1 N–H and O–H groups in total. The average molecular weight is 458 g/mol. The first kappa shape index (κ1) is 21.9. The van der Waals surface area contributed by atoms with E-state index >= 15 is 0 Å². The molecule has 2 unspecified atom stereocenters. The van der Waals surface area contributed by atoms with Crippen molar-refractivity contribution in [1.82, 2.24) is 13.9 Å². The second-order valence-electron chi connectivity index (χ2n) is 8.50. The van der Waals surface area contributed by atoms with Gasteiger partial charge in [0.1, 0.15) is 5.76 Å². The van der Waals surface area contributed by atoms with Gasteiger partial charge in [-0.3, -0.25) is 0 Å². The standard InChI is InChI=1S/C20H31N3O5S2/c1-3-30(26,27)23(13-11-21-29(2,24)25)18-14-20-10-6-4-8-16(20)15-22-12-7-5-9-17(22)19(20)28-18/h7,12,15,18,21H,3-6,8-11,13-14H2,1-2H3. The van der Waals surface area contributed by atoms with Crippen LogP contribution in [0.25, 0.3) is 0 Å². The summed E-state index contributed by atoms with van der Waals surface area (Å²) >= 11 is 0. The fourth-order valence-corrected chi connectivity index (χ4v) is 6.76. The highest BCUT2D eigenvalue weighted by Crippen LogP contribution is 2.59. The molecule has 0 amide bonds. The lowest BCUT2D eigenvalue weighted by molar-refractivity contribution is 0.0583. The molecule has 1 spiro atoms. The monoisotopic (exact) mass is 457 g/mol. The second kappa shape index (κ2) is 7.96. The molecule has 30 heavy (non-hydrogen) atoms. The maximum Gasteiger partial charge on any atom is 0.216 e. The lowest BCUT2D eigenvalue weighted by Crippen LogP contribution is -2.45. The van der Waals surface area contributed by atoms with Crippen LogP contribution in [0, 0.1) is 5.41 Å². The largest absolute Gasteiger partial charge is 0.476 e. The van der Waals surface area contributed by atoms with Crippen molar-refractivity contribution < 1.29 is 21.6 Å². The Morgan fingerprint density at radius 2 is 2.07 bits per heavy atom. The first-order chi connectivity index (χ1) is 14.2. The first-order valence-electron chi connectivity index (χ1n) is 10.7. The normalized spacial score (nSPS) is 28.7. The molecule has 0 radical (unpaired) electrons. The molecular weight excluding hydrogens is 426 g/mol. The van der Waals surface area contributed by atoms with Crippen LogP contribution in [0.15, 0.2) is 35.5 Å². The number of nitrogens with zero attached hydrogens (tertiary/aromatic N) is 2. The summed E-state index contributed by atoms with van der Waals surface area (Å²) in [6.45, 7) is 1.68. The minimum atomic E-state index is -3.57. The Morgan fingerprint density at radius 1 is 1.27 bits per heavy atom. The van der Waals surface area contributed by atoms with E-state index in [2.05, 4.69) is 28.1 Å². The molecule has 0 aromatic rings. The van der Waals surface area contributed by atoms with Gasteiger partial charge in [0.15, 0.2) is 6.23 Å². The van der Waals surface area contributed by atoms with Crippen LogP contribution in [-0.2, 0) is 24.8 Å². The van der Waals surface area contributed by atoms with E-state index in [0.29, 0.717) is 6.42 Å². The zero-order chi connectivity index (χ0) is 21.6. The van der Waals surface area contributed by atoms with Gasteiger partial charge in [-0.25, -0.2) is 21.6 Å². The van der Waals surface area contributed by atoms with Gasteiger partial charge in [-0.1, -0.05) is 12.5 Å². The average Bonchev–Trinajstić information content (AvgIpc) is 3.07. The smallest absolute Gasteiger partial charge is 0.216 e. The van der Waals surface area contributed by atoms with Gasteiger partial charge in [-0.2, -0.15) is 4.31 Å². The van der Waals surface area contributed by atoms with Crippen LogP contribution < -0.4 is 4.72 Å². The number of allylic oxidation sites excluding steroid dienone is 3. The quantitative estimate of drug-likeness (QED) is 0.630. The van der Waals surface area contributed by atoms with Crippen LogP contribution >= 0.6 is 0 Å². The predicted octanol–water partition coefficient (Wildman–Crippen LogP) is 2.21. The van der Waals surface area contributed by atoms with Crippen LogP contribution in [0.2, 0.25) is 0 Å². The maximum atomic E-state index is 12.9. The van der Waals surface area contributed by atoms with Gasteiger partial charge >= 0.3 is 0 Å². The first-order valence-corrected chi connectivity index (χ1v) is 14.2. The minimum Gasteiger partial charge on any atom is -0.476 e. The summed E-state index contributed by atoms with van der Waals surface area (Å²) in [5, 5.41) is 0. The second-order valence-corrected chi connectivity index (χ2v) is 12.5. The summed E-state index contributed by atoms with van der Waals surface area (Å²) in [7, 11) is -6.97. The lowest BCUT2D eigenvalue weighted by Gasteiger charge is -2.42. The Hall–Kier alpha value is -1.36. The fourth-order valence-electron chi connectivity index (χ4n) is 5.12. The van der Waals surface area contributed by atoms with Crippen molar-refractivity contribution in [1.29, 1.82) is 0 Å². The predicted molar refractivity (Wildman–Crippen MR) is 115 cm³/mol. The van der Waals surface area contributed by atoms with E-state index in [1.54, 1.807) is 6.92 Å². The summed E-state index contributed by atoms with van der Waals surface area (Å²) < 4.78 is 59.0. The molecule has 168 valence electrons. The van der Waals surface area contributed by atoms with Gasteiger partial charge in [0.25, 0.3) is 0 Å². The molecule has 10 heteroatoms. The topological polar surface area (TPSA) is 96.0 Å². The van der Waals surface area contributed by atoms with Gasteiger partial charge in [0, 0.05) is 31.9 Å². The molecule has 4 aliphatic rings. The zero-order valence-corrected chi connectivity index (χ0v) is 19.3.